The Morgan fingerprint density at radius 1 is 1.41 bits per heavy atom. The molecule has 1 aromatic rings. The summed E-state index contributed by atoms with van der Waals surface area (Å²) in [7, 11) is 0. The van der Waals surface area contributed by atoms with E-state index in [4.69, 9.17) is 5.73 Å². The minimum Gasteiger partial charge on any atom is -0.393 e. The second-order valence-electron chi connectivity index (χ2n) is 5.31. The molecule has 1 saturated heterocycles. The molecule has 3 unspecified atom stereocenters. The lowest BCUT2D eigenvalue weighted by atomic mass is 10.00. The van der Waals surface area contributed by atoms with Gasteiger partial charge >= 0.3 is 0 Å². The van der Waals surface area contributed by atoms with Crippen LogP contribution in [0.4, 0.5) is 5.82 Å². The van der Waals surface area contributed by atoms with Crippen LogP contribution in [0, 0.1) is 11.8 Å². The Labute approximate surface area is 101 Å². The first-order chi connectivity index (χ1) is 8.24. The largest absolute Gasteiger partial charge is 0.393 e. The first kappa shape index (κ1) is 11.0. The van der Waals surface area contributed by atoms with Crippen LogP contribution in [-0.4, -0.2) is 34.2 Å². The molecule has 0 aromatic carbocycles. The minimum absolute atomic E-state index is 0.0868. The van der Waals surface area contributed by atoms with Gasteiger partial charge < -0.3 is 10.8 Å². The van der Waals surface area contributed by atoms with Crippen molar-refractivity contribution in [2.45, 2.75) is 25.5 Å². The summed E-state index contributed by atoms with van der Waals surface area (Å²) in [5.74, 6) is 1.79. The normalized spacial score (nSPS) is 32.9. The van der Waals surface area contributed by atoms with Crippen LogP contribution in [0.1, 0.15) is 18.4 Å². The lowest BCUT2D eigenvalue weighted by molar-refractivity contribution is 0.123. The molecule has 1 aliphatic carbocycles. The first-order valence-electron chi connectivity index (χ1n) is 6.34. The van der Waals surface area contributed by atoms with Gasteiger partial charge in [0.2, 0.25) is 0 Å². The summed E-state index contributed by atoms with van der Waals surface area (Å²) < 4.78 is 0. The van der Waals surface area contributed by atoms with Crippen molar-refractivity contribution in [3.05, 3.63) is 23.9 Å². The molecule has 3 atom stereocenters. The molecule has 0 bridgehead atoms. The Bertz CT molecular complexity index is 409. The standard InChI is InChI=1S/C13H19N3O/c14-13-10(2-1-5-15-13)7-16-6-9-3-4-12(17)11(9)8-16/h1-2,5,9,11-12,17H,3-4,6-8H2,(H2,14,15). The average Bonchev–Trinajstić information content (AvgIpc) is 2.85. The van der Waals surface area contributed by atoms with Crippen LogP contribution in [0.25, 0.3) is 0 Å². The van der Waals surface area contributed by atoms with Crippen molar-refractivity contribution in [3.8, 4) is 0 Å². The number of aromatic nitrogens is 1. The number of hydrogen-bond acceptors (Lipinski definition) is 4. The van der Waals surface area contributed by atoms with Gasteiger partial charge in [0, 0.05) is 37.3 Å². The summed E-state index contributed by atoms with van der Waals surface area (Å²) >= 11 is 0. The molecule has 2 fully saturated rings. The van der Waals surface area contributed by atoms with Crippen molar-refractivity contribution < 1.29 is 5.11 Å². The molecule has 4 heteroatoms. The van der Waals surface area contributed by atoms with Gasteiger partial charge in [0.1, 0.15) is 5.82 Å². The Kier molecular flexibility index (Phi) is 2.76. The highest BCUT2D eigenvalue weighted by atomic mass is 16.3. The third kappa shape index (κ3) is 2.03. The Balaban J connectivity index is 1.67. The van der Waals surface area contributed by atoms with Gasteiger partial charge in [-0.1, -0.05) is 6.07 Å². The molecule has 92 valence electrons. The van der Waals surface area contributed by atoms with Crippen molar-refractivity contribution in [2.24, 2.45) is 11.8 Å². The number of rotatable bonds is 2. The van der Waals surface area contributed by atoms with Gasteiger partial charge in [-0.05, 0) is 24.8 Å². The summed E-state index contributed by atoms with van der Waals surface area (Å²) in [6.45, 7) is 2.95. The van der Waals surface area contributed by atoms with Gasteiger partial charge in [0.25, 0.3) is 0 Å². The van der Waals surface area contributed by atoms with Gasteiger partial charge in [-0.25, -0.2) is 4.98 Å². The van der Waals surface area contributed by atoms with E-state index in [1.807, 2.05) is 12.1 Å². The quantitative estimate of drug-likeness (QED) is 0.795. The number of fused-ring (bicyclic) bond motifs is 1. The van der Waals surface area contributed by atoms with Gasteiger partial charge in [0.15, 0.2) is 0 Å². The number of anilines is 1. The fourth-order valence-corrected chi connectivity index (χ4v) is 3.28. The van der Waals surface area contributed by atoms with Crippen LogP contribution in [0.15, 0.2) is 18.3 Å². The highest BCUT2D eigenvalue weighted by Crippen LogP contribution is 2.38. The maximum absolute atomic E-state index is 9.87. The number of nitrogens with two attached hydrogens (primary N) is 1. The zero-order valence-corrected chi connectivity index (χ0v) is 9.92. The van der Waals surface area contributed by atoms with Crippen LogP contribution in [-0.2, 0) is 6.54 Å². The minimum atomic E-state index is -0.0868. The van der Waals surface area contributed by atoms with Crippen LogP contribution < -0.4 is 5.73 Å². The van der Waals surface area contributed by atoms with E-state index in [2.05, 4.69) is 9.88 Å². The zero-order chi connectivity index (χ0) is 11.8. The molecule has 1 aromatic heterocycles. The smallest absolute Gasteiger partial charge is 0.127 e. The monoisotopic (exact) mass is 233 g/mol. The van der Waals surface area contributed by atoms with Crippen molar-refractivity contribution >= 4 is 5.82 Å². The molecule has 17 heavy (non-hydrogen) atoms. The molecule has 3 rings (SSSR count). The topological polar surface area (TPSA) is 62.4 Å². The molecule has 3 N–H and O–H groups in total. The molecule has 1 saturated carbocycles. The zero-order valence-electron chi connectivity index (χ0n) is 9.92. The number of pyridine rings is 1. The van der Waals surface area contributed by atoms with E-state index < -0.39 is 0 Å². The van der Waals surface area contributed by atoms with Crippen molar-refractivity contribution in [2.75, 3.05) is 18.8 Å². The maximum Gasteiger partial charge on any atom is 0.127 e. The third-order valence-electron chi connectivity index (χ3n) is 4.21. The highest BCUT2D eigenvalue weighted by Gasteiger charge is 2.41. The van der Waals surface area contributed by atoms with Gasteiger partial charge in [-0.15, -0.1) is 0 Å². The fourth-order valence-electron chi connectivity index (χ4n) is 3.28. The first-order valence-corrected chi connectivity index (χ1v) is 6.34. The lowest BCUT2D eigenvalue weighted by Crippen LogP contribution is -2.24. The highest BCUT2D eigenvalue weighted by molar-refractivity contribution is 5.38. The van der Waals surface area contributed by atoms with Gasteiger partial charge in [0.05, 0.1) is 6.10 Å². The van der Waals surface area contributed by atoms with Crippen LogP contribution >= 0.6 is 0 Å². The Hall–Kier alpha value is -1.13. The fraction of sp³-hybridized carbons (Fsp3) is 0.615. The molecule has 1 aliphatic heterocycles. The van der Waals surface area contributed by atoms with Crippen LogP contribution in [0.2, 0.25) is 0 Å². The summed E-state index contributed by atoms with van der Waals surface area (Å²) in [6, 6.07) is 3.96. The maximum atomic E-state index is 9.87. The van der Waals surface area contributed by atoms with E-state index in [0.29, 0.717) is 17.7 Å². The van der Waals surface area contributed by atoms with Crippen molar-refractivity contribution in [1.29, 1.82) is 0 Å². The van der Waals surface area contributed by atoms with E-state index in [1.54, 1.807) is 6.20 Å². The van der Waals surface area contributed by atoms with E-state index >= 15 is 0 Å². The molecular formula is C13H19N3O. The molecule has 0 amide bonds. The van der Waals surface area contributed by atoms with E-state index in [9.17, 15) is 5.11 Å². The van der Waals surface area contributed by atoms with Gasteiger partial charge in [-0.3, -0.25) is 4.90 Å². The van der Waals surface area contributed by atoms with Crippen LogP contribution in [0.5, 0.6) is 0 Å². The van der Waals surface area contributed by atoms with Crippen molar-refractivity contribution in [3.63, 3.8) is 0 Å². The van der Waals surface area contributed by atoms with E-state index in [1.165, 1.54) is 6.42 Å². The average molecular weight is 233 g/mol. The number of likely N-dealkylation sites (tertiary alicyclic amines) is 1. The number of nitrogens with zero attached hydrogens (tertiary/aromatic N) is 2. The molecule has 0 spiro atoms. The molecule has 2 heterocycles. The Morgan fingerprint density at radius 3 is 3.06 bits per heavy atom. The van der Waals surface area contributed by atoms with Gasteiger partial charge in [-0.2, -0.15) is 0 Å². The predicted octanol–water partition coefficient (Wildman–Crippen LogP) is 0.866. The molecule has 2 aliphatic rings. The summed E-state index contributed by atoms with van der Waals surface area (Å²) in [6.07, 6.45) is 3.79. The number of hydrogen-bond donors (Lipinski definition) is 2. The third-order valence-corrected chi connectivity index (χ3v) is 4.21. The SMILES string of the molecule is Nc1ncccc1CN1CC2CCC(O)C2C1. The van der Waals surface area contributed by atoms with E-state index in [-0.39, 0.29) is 6.10 Å². The predicted molar refractivity (Wildman–Crippen MR) is 66.1 cm³/mol. The number of nitrogen functional groups attached to an aromatic ring is 1. The summed E-state index contributed by atoms with van der Waals surface area (Å²) in [5, 5.41) is 9.87. The summed E-state index contributed by atoms with van der Waals surface area (Å²) in [5.41, 5.74) is 6.95. The number of aliphatic hydroxyl groups excluding tert-OH is 1. The molecule has 4 nitrogen and oxygen atoms in total. The van der Waals surface area contributed by atoms with Crippen molar-refractivity contribution in [1.82, 2.24) is 9.88 Å². The van der Waals surface area contributed by atoms with E-state index in [0.717, 1.165) is 31.6 Å². The summed E-state index contributed by atoms with van der Waals surface area (Å²) in [4.78, 5) is 6.50. The second kappa shape index (κ2) is 4.27. The lowest BCUT2D eigenvalue weighted by Gasteiger charge is -2.18. The molecular weight excluding hydrogens is 214 g/mol. The van der Waals surface area contributed by atoms with Crippen LogP contribution in [0.3, 0.4) is 0 Å². The second-order valence-corrected chi connectivity index (χ2v) is 5.31. The molecule has 0 radical (unpaired) electrons. The number of aliphatic hydroxyl groups is 1. The Morgan fingerprint density at radius 2 is 2.29 bits per heavy atom.